The fourth-order valence-electron chi connectivity index (χ4n) is 4.22. The van der Waals surface area contributed by atoms with Gasteiger partial charge >= 0.3 is 0 Å². The van der Waals surface area contributed by atoms with E-state index in [1.807, 2.05) is 5.43 Å². The molecule has 1 unspecified atom stereocenters. The van der Waals surface area contributed by atoms with Crippen LogP contribution in [0, 0.1) is 17.2 Å². The molecule has 3 heterocycles. The lowest BCUT2D eigenvalue weighted by Gasteiger charge is -2.21. The lowest BCUT2D eigenvalue weighted by atomic mass is 9.96. The molecule has 0 aromatic carbocycles. The van der Waals surface area contributed by atoms with Gasteiger partial charge in [0, 0.05) is 11.8 Å². The average molecular weight is 458 g/mol. The Kier molecular flexibility index (Phi) is 5.81. The summed E-state index contributed by atoms with van der Waals surface area (Å²) in [6.07, 6.45) is 9.13. The highest BCUT2D eigenvalue weighted by molar-refractivity contribution is 7.91. The number of carbonyl (C=O) groups is 1. The number of rotatable bonds is 7. The number of hydrazine groups is 1. The molecule has 4 N–H and O–H groups in total. The van der Waals surface area contributed by atoms with Crippen molar-refractivity contribution in [2.24, 2.45) is 11.8 Å². The number of amides is 1. The van der Waals surface area contributed by atoms with Gasteiger partial charge in [-0.3, -0.25) is 19.6 Å². The van der Waals surface area contributed by atoms with Gasteiger partial charge in [-0.2, -0.15) is 10.4 Å². The maximum atomic E-state index is 12.1. The van der Waals surface area contributed by atoms with Crippen molar-refractivity contribution >= 4 is 27.4 Å². The number of hydrogen-bond donors (Lipinski definition) is 3. The van der Waals surface area contributed by atoms with E-state index in [9.17, 15) is 18.5 Å². The summed E-state index contributed by atoms with van der Waals surface area (Å²) in [6.45, 7) is 0. The number of sulfonamides is 1. The summed E-state index contributed by atoms with van der Waals surface area (Å²) >= 11 is 0. The molecule has 12 nitrogen and oxygen atoms in total. The predicted molar refractivity (Wildman–Crippen MR) is 116 cm³/mol. The highest BCUT2D eigenvalue weighted by Gasteiger charge is 2.27. The van der Waals surface area contributed by atoms with E-state index in [0.717, 1.165) is 31.9 Å². The number of hydrogen-bond acceptors (Lipinski definition) is 8. The summed E-state index contributed by atoms with van der Waals surface area (Å²) in [5.41, 5.74) is 3.62. The highest BCUT2D eigenvalue weighted by atomic mass is 32.2. The van der Waals surface area contributed by atoms with E-state index in [2.05, 4.69) is 26.0 Å². The first-order valence-corrected chi connectivity index (χ1v) is 12.0. The summed E-state index contributed by atoms with van der Waals surface area (Å²) in [5, 5.41) is 17.9. The lowest BCUT2D eigenvalue weighted by Crippen LogP contribution is -2.31. The van der Waals surface area contributed by atoms with Crippen LogP contribution in [0.1, 0.15) is 48.6 Å². The van der Waals surface area contributed by atoms with Gasteiger partial charge in [0.2, 0.25) is 10.0 Å². The molecule has 1 fully saturated rings. The molecule has 0 radical (unpaired) electrons. The molecular formula is C19H23N9O3S. The molecule has 0 spiro atoms. The molecule has 168 valence electrons. The lowest BCUT2D eigenvalue weighted by molar-refractivity contribution is 0.0946. The third kappa shape index (κ3) is 4.27. The number of nitrogen functional groups attached to an aromatic ring is 1. The van der Waals surface area contributed by atoms with Crippen molar-refractivity contribution in [3.05, 3.63) is 30.2 Å². The van der Waals surface area contributed by atoms with Crippen LogP contribution >= 0.6 is 0 Å². The molecule has 0 aliphatic heterocycles. The molecule has 3 aromatic rings. The zero-order chi connectivity index (χ0) is 22.9. The Morgan fingerprint density at radius 3 is 2.78 bits per heavy atom. The minimum Gasteiger partial charge on any atom is -0.289 e. The summed E-state index contributed by atoms with van der Waals surface area (Å²) < 4.78 is 28.8. The van der Waals surface area contributed by atoms with Crippen molar-refractivity contribution in [1.29, 1.82) is 5.26 Å². The van der Waals surface area contributed by atoms with Gasteiger partial charge in [0.25, 0.3) is 11.9 Å². The Labute approximate surface area is 184 Å². The maximum absolute atomic E-state index is 12.1. The second kappa shape index (κ2) is 8.56. The number of fused-ring (bicyclic) bond motifs is 1. The minimum atomic E-state index is -3.66. The standard InChI is InChI=1S/C19H23N9O3S/c1-32(30,31)26-19-23-17(15-6-7-16(18(29)24-21)28(15)25-19)13-10-22-27(11-13)14(8-9-20)12-4-2-3-5-12/h6-7,10-12,14H,2-5,8,21H2,1H3,(H,24,29)(H,25,26). The topological polar surface area (TPSA) is 173 Å². The molecule has 1 atom stereocenters. The third-order valence-corrected chi connectivity index (χ3v) is 6.16. The van der Waals surface area contributed by atoms with Crippen molar-refractivity contribution in [1.82, 2.24) is 29.8 Å². The van der Waals surface area contributed by atoms with E-state index in [1.54, 1.807) is 23.1 Å². The summed E-state index contributed by atoms with van der Waals surface area (Å²) in [5.74, 6) is 4.85. The van der Waals surface area contributed by atoms with Crippen LogP contribution in [0.2, 0.25) is 0 Å². The first-order valence-electron chi connectivity index (χ1n) is 10.1. The van der Waals surface area contributed by atoms with E-state index in [1.165, 1.54) is 10.6 Å². The Morgan fingerprint density at radius 2 is 2.12 bits per heavy atom. The summed E-state index contributed by atoms with van der Waals surface area (Å²) in [7, 11) is -3.66. The van der Waals surface area contributed by atoms with E-state index in [0.29, 0.717) is 29.1 Å². The maximum Gasteiger partial charge on any atom is 0.283 e. The van der Waals surface area contributed by atoms with Crippen molar-refractivity contribution in [2.75, 3.05) is 11.0 Å². The quantitative estimate of drug-likeness (QED) is 0.270. The Hall–Kier alpha value is -3.50. The Bertz CT molecular complexity index is 1300. The highest BCUT2D eigenvalue weighted by Crippen LogP contribution is 2.36. The van der Waals surface area contributed by atoms with Gasteiger partial charge in [-0.25, -0.2) is 23.8 Å². The number of nitrogens with one attached hydrogen (secondary N) is 2. The van der Waals surface area contributed by atoms with Crippen LogP contribution in [0.3, 0.4) is 0 Å². The smallest absolute Gasteiger partial charge is 0.283 e. The largest absolute Gasteiger partial charge is 0.289 e. The predicted octanol–water partition coefficient (Wildman–Crippen LogP) is 1.21. The average Bonchev–Trinajstić information content (AvgIpc) is 3.50. The van der Waals surface area contributed by atoms with Gasteiger partial charge in [-0.1, -0.05) is 12.8 Å². The van der Waals surface area contributed by atoms with Gasteiger partial charge in [0.05, 0.1) is 36.5 Å². The zero-order valence-electron chi connectivity index (χ0n) is 17.4. The van der Waals surface area contributed by atoms with Crippen LogP contribution in [0.4, 0.5) is 5.95 Å². The zero-order valence-corrected chi connectivity index (χ0v) is 18.2. The number of nitriles is 1. The Morgan fingerprint density at radius 1 is 1.38 bits per heavy atom. The van der Waals surface area contributed by atoms with Crippen molar-refractivity contribution in [2.45, 2.75) is 38.1 Å². The van der Waals surface area contributed by atoms with Crippen molar-refractivity contribution in [3.63, 3.8) is 0 Å². The van der Waals surface area contributed by atoms with E-state index < -0.39 is 15.9 Å². The first kappa shape index (κ1) is 21.7. The number of anilines is 1. The van der Waals surface area contributed by atoms with E-state index >= 15 is 0 Å². The van der Waals surface area contributed by atoms with Crippen LogP contribution in [-0.4, -0.2) is 45.0 Å². The fraction of sp³-hybridized carbons (Fsp3) is 0.421. The number of aromatic nitrogens is 5. The monoisotopic (exact) mass is 457 g/mol. The van der Waals surface area contributed by atoms with Gasteiger partial charge < -0.3 is 0 Å². The molecule has 0 saturated heterocycles. The van der Waals surface area contributed by atoms with Crippen molar-refractivity contribution < 1.29 is 13.2 Å². The van der Waals surface area contributed by atoms with Gasteiger partial charge in [-0.15, -0.1) is 5.10 Å². The van der Waals surface area contributed by atoms with Crippen molar-refractivity contribution in [3.8, 4) is 17.3 Å². The molecule has 1 aliphatic rings. The molecule has 0 bridgehead atoms. The summed E-state index contributed by atoms with van der Waals surface area (Å²) in [6, 6.07) is 5.37. The van der Waals surface area contributed by atoms with E-state index in [-0.39, 0.29) is 17.7 Å². The fourth-order valence-corrected chi connectivity index (χ4v) is 4.64. The van der Waals surface area contributed by atoms with Gasteiger partial charge in [-0.05, 0) is 30.9 Å². The Balaban J connectivity index is 1.82. The van der Waals surface area contributed by atoms with Crippen LogP contribution in [0.25, 0.3) is 16.8 Å². The molecule has 32 heavy (non-hydrogen) atoms. The third-order valence-electron chi connectivity index (χ3n) is 5.61. The van der Waals surface area contributed by atoms with E-state index in [4.69, 9.17) is 5.84 Å². The van der Waals surface area contributed by atoms with Gasteiger partial charge in [0.1, 0.15) is 11.4 Å². The van der Waals surface area contributed by atoms with Crippen LogP contribution in [0.15, 0.2) is 24.5 Å². The van der Waals surface area contributed by atoms with Crippen LogP contribution < -0.4 is 16.0 Å². The molecule has 1 saturated carbocycles. The minimum absolute atomic E-state index is 0.0481. The molecule has 3 aromatic heterocycles. The molecule has 1 aliphatic carbocycles. The second-order valence-corrected chi connectivity index (χ2v) is 9.58. The van der Waals surface area contributed by atoms with Gasteiger partial charge in [0.15, 0.2) is 0 Å². The van der Waals surface area contributed by atoms with Crippen LogP contribution in [0.5, 0.6) is 0 Å². The number of nitrogens with zero attached hydrogens (tertiary/aromatic N) is 6. The molecule has 13 heteroatoms. The molecular weight excluding hydrogens is 434 g/mol. The number of nitrogens with two attached hydrogens (primary N) is 1. The SMILES string of the molecule is CS(=O)(=O)Nc1nc(-c2cnn(C(CC#N)C3CCCC3)c2)c2ccc(C(=O)NN)n2n1. The normalized spacial score (nSPS) is 15.5. The molecule has 1 amide bonds. The molecule has 4 rings (SSSR count). The second-order valence-electron chi connectivity index (χ2n) is 7.83. The van der Waals surface area contributed by atoms with Crippen LogP contribution in [-0.2, 0) is 10.0 Å². The first-order chi connectivity index (χ1) is 15.3. The number of carbonyl (C=O) groups excluding carboxylic acids is 1. The summed E-state index contributed by atoms with van der Waals surface area (Å²) in [4.78, 5) is 16.5.